The van der Waals surface area contributed by atoms with Crippen LogP contribution in [0.4, 0.5) is 13.2 Å². The Morgan fingerprint density at radius 3 is 2.18 bits per heavy atom. The van der Waals surface area contributed by atoms with E-state index in [2.05, 4.69) is 6.92 Å². The molecule has 166 valence electrons. The molecule has 0 aromatic carbocycles. The number of amides is 1. The van der Waals surface area contributed by atoms with Gasteiger partial charge in [-0.05, 0) is 6.42 Å². The highest BCUT2D eigenvalue weighted by Gasteiger charge is 2.49. The van der Waals surface area contributed by atoms with Gasteiger partial charge in [0, 0.05) is 6.61 Å². The Morgan fingerprint density at radius 2 is 1.64 bits per heavy atom. The Labute approximate surface area is 163 Å². The van der Waals surface area contributed by atoms with Crippen molar-refractivity contribution in [2.24, 2.45) is 0 Å². The first-order chi connectivity index (χ1) is 13.2. The summed E-state index contributed by atoms with van der Waals surface area (Å²) in [5, 5.41) is 30.9. The quantitative estimate of drug-likeness (QED) is 0.361. The summed E-state index contributed by atoms with van der Waals surface area (Å²) in [6, 6.07) is -1.61. The molecule has 1 fully saturated rings. The van der Waals surface area contributed by atoms with Crippen LogP contribution in [-0.4, -0.2) is 71.3 Å². The van der Waals surface area contributed by atoms with E-state index in [1.807, 2.05) is 0 Å². The van der Waals surface area contributed by atoms with E-state index in [1.165, 1.54) is 19.3 Å². The van der Waals surface area contributed by atoms with Crippen molar-refractivity contribution in [3.05, 3.63) is 0 Å². The highest BCUT2D eigenvalue weighted by Crippen LogP contribution is 2.24. The highest BCUT2D eigenvalue weighted by atomic mass is 19.4. The molecule has 1 amide bonds. The standard InChI is InChI=1S/C18H32F3NO6/c1-2-3-4-5-6-7-8-9-10-27-15-13(22-17(26)18(19,20)21)16(25)28-12(11-23)14(15)24/h12-16,23-25H,2-11H2,1H3,(H,22,26)/t12?,13-,14-,15?,16+/m1/s1. The molecule has 0 aliphatic carbocycles. The Kier molecular flexibility index (Phi) is 11.3. The van der Waals surface area contributed by atoms with Crippen LogP contribution in [0.1, 0.15) is 58.3 Å². The number of hydrogen-bond acceptors (Lipinski definition) is 6. The van der Waals surface area contributed by atoms with Crippen LogP contribution < -0.4 is 5.32 Å². The molecule has 10 heteroatoms. The van der Waals surface area contributed by atoms with Crippen LogP contribution >= 0.6 is 0 Å². The molecule has 0 saturated carbocycles. The lowest BCUT2D eigenvalue weighted by atomic mass is 9.96. The summed E-state index contributed by atoms with van der Waals surface area (Å²) < 4.78 is 47.9. The largest absolute Gasteiger partial charge is 0.471 e. The summed E-state index contributed by atoms with van der Waals surface area (Å²) in [5.74, 6) is -2.27. The third-order valence-electron chi connectivity index (χ3n) is 4.74. The van der Waals surface area contributed by atoms with Gasteiger partial charge in [0.05, 0.1) is 6.61 Å². The zero-order chi connectivity index (χ0) is 21.2. The number of rotatable bonds is 12. The third-order valence-corrected chi connectivity index (χ3v) is 4.74. The van der Waals surface area contributed by atoms with Crippen molar-refractivity contribution in [2.45, 2.75) is 95.1 Å². The maximum atomic E-state index is 12.5. The fraction of sp³-hybridized carbons (Fsp3) is 0.944. The summed E-state index contributed by atoms with van der Waals surface area (Å²) in [6.45, 7) is 1.63. The van der Waals surface area contributed by atoms with Crippen LogP contribution in [0.25, 0.3) is 0 Å². The van der Waals surface area contributed by atoms with Gasteiger partial charge < -0.3 is 30.1 Å². The minimum absolute atomic E-state index is 0.139. The van der Waals surface area contributed by atoms with Gasteiger partial charge >= 0.3 is 12.1 Å². The van der Waals surface area contributed by atoms with Gasteiger partial charge in [-0.3, -0.25) is 4.79 Å². The van der Waals surface area contributed by atoms with Crippen molar-refractivity contribution < 1.29 is 42.8 Å². The predicted octanol–water partition coefficient (Wildman–Crippen LogP) is 1.63. The van der Waals surface area contributed by atoms with E-state index in [4.69, 9.17) is 9.47 Å². The molecule has 1 heterocycles. The fourth-order valence-corrected chi connectivity index (χ4v) is 3.13. The molecule has 5 atom stereocenters. The van der Waals surface area contributed by atoms with Gasteiger partial charge in [-0.1, -0.05) is 51.9 Å². The number of aliphatic hydroxyl groups excluding tert-OH is 3. The zero-order valence-electron chi connectivity index (χ0n) is 16.2. The molecule has 7 nitrogen and oxygen atoms in total. The third kappa shape index (κ3) is 8.20. The van der Waals surface area contributed by atoms with E-state index in [0.29, 0.717) is 6.42 Å². The first-order valence-electron chi connectivity index (χ1n) is 9.84. The van der Waals surface area contributed by atoms with E-state index >= 15 is 0 Å². The lowest BCUT2D eigenvalue weighted by Gasteiger charge is -2.42. The fourth-order valence-electron chi connectivity index (χ4n) is 3.13. The van der Waals surface area contributed by atoms with Crippen LogP contribution in [0.5, 0.6) is 0 Å². The molecule has 0 aromatic rings. The van der Waals surface area contributed by atoms with Gasteiger partial charge in [0.15, 0.2) is 6.29 Å². The molecule has 1 aliphatic heterocycles. The minimum atomic E-state index is -5.15. The summed E-state index contributed by atoms with van der Waals surface area (Å²) in [4.78, 5) is 11.2. The van der Waals surface area contributed by atoms with Gasteiger partial charge in [0.1, 0.15) is 24.4 Å². The normalized spacial score (nSPS) is 28.3. The number of ether oxygens (including phenoxy) is 2. The number of alkyl halides is 3. The molecule has 0 spiro atoms. The molecule has 0 bridgehead atoms. The summed E-state index contributed by atoms with van der Waals surface area (Å²) >= 11 is 0. The lowest BCUT2D eigenvalue weighted by molar-refractivity contribution is -0.264. The number of unbranched alkanes of at least 4 members (excludes halogenated alkanes) is 7. The summed E-state index contributed by atoms with van der Waals surface area (Å²) in [5.41, 5.74) is 0. The van der Waals surface area contributed by atoms with Crippen LogP contribution in [0.2, 0.25) is 0 Å². The van der Waals surface area contributed by atoms with E-state index in [1.54, 1.807) is 5.32 Å². The van der Waals surface area contributed by atoms with Crippen molar-refractivity contribution in [3.63, 3.8) is 0 Å². The van der Waals surface area contributed by atoms with Gasteiger partial charge in [0.2, 0.25) is 0 Å². The molecular weight excluding hydrogens is 383 g/mol. The Morgan fingerprint density at radius 1 is 1.07 bits per heavy atom. The maximum Gasteiger partial charge on any atom is 0.471 e. The van der Waals surface area contributed by atoms with Crippen LogP contribution in [0.3, 0.4) is 0 Å². The number of aliphatic hydroxyl groups is 3. The molecule has 1 aliphatic rings. The number of carbonyl (C=O) groups is 1. The van der Waals surface area contributed by atoms with Crippen molar-refractivity contribution in [1.29, 1.82) is 0 Å². The van der Waals surface area contributed by atoms with E-state index in [-0.39, 0.29) is 6.61 Å². The second-order valence-electron chi connectivity index (χ2n) is 7.05. The molecule has 4 N–H and O–H groups in total. The summed E-state index contributed by atoms with van der Waals surface area (Å²) in [7, 11) is 0. The summed E-state index contributed by atoms with van der Waals surface area (Å²) in [6.07, 6.45) is -2.75. The second kappa shape index (κ2) is 12.6. The van der Waals surface area contributed by atoms with Crippen LogP contribution in [0, 0.1) is 0 Å². The van der Waals surface area contributed by atoms with Crippen LogP contribution in [-0.2, 0) is 14.3 Å². The van der Waals surface area contributed by atoms with Crippen molar-refractivity contribution >= 4 is 5.91 Å². The van der Waals surface area contributed by atoms with E-state index in [0.717, 1.165) is 25.7 Å². The molecule has 0 aromatic heterocycles. The number of carbonyl (C=O) groups excluding carboxylic acids is 1. The minimum Gasteiger partial charge on any atom is -0.394 e. The highest BCUT2D eigenvalue weighted by molar-refractivity contribution is 5.82. The Hall–Kier alpha value is -0.940. The number of nitrogens with one attached hydrogen (secondary N) is 1. The molecule has 1 rings (SSSR count). The van der Waals surface area contributed by atoms with Crippen molar-refractivity contribution in [2.75, 3.05) is 13.2 Å². The molecular formula is C18H32F3NO6. The molecule has 0 radical (unpaired) electrons. The van der Waals surface area contributed by atoms with Crippen molar-refractivity contribution in [3.8, 4) is 0 Å². The van der Waals surface area contributed by atoms with Gasteiger partial charge in [-0.25, -0.2) is 0 Å². The Balaban J connectivity index is 2.52. The molecule has 28 heavy (non-hydrogen) atoms. The van der Waals surface area contributed by atoms with Gasteiger partial charge in [0.25, 0.3) is 0 Å². The first kappa shape index (κ1) is 25.1. The monoisotopic (exact) mass is 415 g/mol. The smallest absolute Gasteiger partial charge is 0.394 e. The first-order valence-corrected chi connectivity index (χ1v) is 9.84. The van der Waals surface area contributed by atoms with E-state index in [9.17, 15) is 33.3 Å². The second-order valence-corrected chi connectivity index (χ2v) is 7.05. The molecule has 1 saturated heterocycles. The number of halogens is 3. The molecule has 2 unspecified atom stereocenters. The van der Waals surface area contributed by atoms with Gasteiger partial charge in [-0.15, -0.1) is 0 Å². The van der Waals surface area contributed by atoms with Gasteiger partial charge in [-0.2, -0.15) is 13.2 Å². The predicted molar refractivity (Wildman–Crippen MR) is 94.3 cm³/mol. The van der Waals surface area contributed by atoms with Crippen LogP contribution in [0.15, 0.2) is 0 Å². The number of hydrogen-bond donors (Lipinski definition) is 4. The maximum absolute atomic E-state index is 12.5. The zero-order valence-corrected chi connectivity index (χ0v) is 16.2. The topological polar surface area (TPSA) is 108 Å². The average Bonchev–Trinajstić information content (AvgIpc) is 2.63. The lowest BCUT2D eigenvalue weighted by Crippen LogP contribution is -2.66. The average molecular weight is 415 g/mol. The Bertz CT molecular complexity index is 452. The van der Waals surface area contributed by atoms with Crippen molar-refractivity contribution in [1.82, 2.24) is 5.32 Å². The van der Waals surface area contributed by atoms with E-state index < -0.39 is 49.3 Å². The SMILES string of the molecule is CCCCCCCCCCOC1[C@H](O)C(CO)O[C@H](O)[C@@H]1NC(=O)C(F)(F)F.